The Labute approximate surface area is 69.7 Å². The van der Waals surface area contributed by atoms with Gasteiger partial charge in [0, 0.05) is 24.3 Å². The van der Waals surface area contributed by atoms with E-state index >= 15 is 0 Å². The van der Waals surface area contributed by atoms with E-state index in [2.05, 4.69) is 22.9 Å². The van der Waals surface area contributed by atoms with Crippen LogP contribution in [-0.4, -0.2) is 28.7 Å². The quantitative estimate of drug-likeness (QED) is 0.625. The Hall–Kier alpha value is -0.0500. The van der Waals surface area contributed by atoms with Gasteiger partial charge >= 0.3 is 0 Å². The molecular formula is C7H12BrNO. The van der Waals surface area contributed by atoms with Gasteiger partial charge in [0.15, 0.2) is 0 Å². The molecule has 1 atom stereocenters. The molecule has 1 rings (SSSR count). The Balaban J connectivity index is 2.39. The number of likely N-dealkylation sites (tertiary alicyclic amines) is 1. The first-order chi connectivity index (χ1) is 4.74. The number of hydrogen-bond acceptors (Lipinski definition) is 1. The zero-order chi connectivity index (χ0) is 7.56. The lowest BCUT2D eigenvalue weighted by atomic mass is 10.4. The maximum absolute atomic E-state index is 11.1. The van der Waals surface area contributed by atoms with Crippen LogP contribution in [0.4, 0.5) is 0 Å². The van der Waals surface area contributed by atoms with Gasteiger partial charge in [0.2, 0.25) is 5.91 Å². The Bertz CT molecular complexity index is 138. The minimum Gasteiger partial charge on any atom is -0.342 e. The van der Waals surface area contributed by atoms with Crippen LogP contribution in [0.15, 0.2) is 0 Å². The standard InChI is InChI=1S/C7H12BrNO/c1-2-3-9-5-6(8)4-7(9)10/h6H,2-5H2,1H3. The van der Waals surface area contributed by atoms with Crippen LogP contribution in [-0.2, 0) is 4.79 Å². The Morgan fingerprint density at radius 2 is 2.50 bits per heavy atom. The van der Waals surface area contributed by atoms with E-state index in [1.165, 1.54) is 0 Å². The molecule has 58 valence electrons. The lowest BCUT2D eigenvalue weighted by Crippen LogP contribution is -2.25. The summed E-state index contributed by atoms with van der Waals surface area (Å²) in [5, 5.41) is 0. The van der Waals surface area contributed by atoms with Crippen LogP contribution in [0.2, 0.25) is 0 Å². The van der Waals surface area contributed by atoms with Crippen molar-refractivity contribution in [1.82, 2.24) is 4.90 Å². The second kappa shape index (κ2) is 3.37. The first-order valence-electron chi connectivity index (χ1n) is 3.66. The van der Waals surface area contributed by atoms with Crippen LogP contribution in [0.25, 0.3) is 0 Å². The number of hydrogen-bond donors (Lipinski definition) is 0. The summed E-state index contributed by atoms with van der Waals surface area (Å²) in [5.74, 6) is 0.295. The van der Waals surface area contributed by atoms with Crippen molar-refractivity contribution in [3.63, 3.8) is 0 Å². The average molecular weight is 206 g/mol. The van der Waals surface area contributed by atoms with E-state index in [1.807, 2.05) is 4.90 Å². The topological polar surface area (TPSA) is 20.3 Å². The molecule has 1 fully saturated rings. The number of carbonyl (C=O) groups excluding carboxylic acids is 1. The molecule has 2 nitrogen and oxygen atoms in total. The summed E-state index contributed by atoms with van der Waals surface area (Å²) < 4.78 is 0. The van der Waals surface area contributed by atoms with E-state index in [-0.39, 0.29) is 0 Å². The summed E-state index contributed by atoms with van der Waals surface area (Å²) >= 11 is 3.43. The van der Waals surface area contributed by atoms with Gasteiger partial charge in [-0.25, -0.2) is 0 Å². The highest BCUT2D eigenvalue weighted by Crippen LogP contribution is 2.17. The molecule has 0 bridgehead atoms. The molecule has 1 amide bonds. The van der Waals surface area contributed by atoms with Crippen LogP contribution in [0, 0.1) is 0 Å². The summed E-state index contributed by atoms with van der Waals surface area (Å²) in [6.45, 7) is 3.91. The van der Waals surface area contributed by atoms with Crippen molar-refractivity contribution in [3.05, 3.63) is 0 Å². The predicted octanol–water partition coefficient (Wildman–Crippen LogP) is 1.39. The van der Waals surface area contributed by atoms with Crippen molar-refractivity contribution in [3.8, 4) is 0 Å². The minimum absolute atomic E-state index is 0.295. The minimum atomic E-state index is 0.295. The Morgan fingerprint density at radius 1 is 1.80 bits per heavy atom. The molecule has 0 radical (unpaired) electrons. The van der Waals surface area contributed by atoms with Gasteiger partial charge in [-0.1, -0.05) is 22.9 Å². The summed E-state index contributed by atoms with van der Waals surface area (Å²) in [7, 11) is 0. The molecule has 1 saturated heterocycles. The molecule has 0 aliphatic carbocycles. The predicted molar refractivity (Wildman–Crippen MR) is 44.2 cm³/mol. The SMILES string of the molecule is CCCN1CC(Br)CC1=O. The van der Waals surface area contributed by atoms with E-state index in [4.69, 9.17) is 0 Å². The van der Waals surface area contributed by atoms with Crippen molar-refractivity contribution in [2.75, 3.05) is 13.1 Å². The molecule has 0 aromatic rings. The molecule has 0 aromatic carbocycles. The Kier molecular flexibility index (Phi) is 2.72. The number of alkyl halides is 1. The van der Waals surface area contributed by atoms with Gasteiger partial charge in [-0.05, 0) is 6.42 Å². The van der Waals surface area contributed by atoms with Crippen LogP contribution >= 0.6 is 15.9 Å². The van der Waals surface area contributed by atoms with E-state index < -0.39 is 0 Å². The summed E-state index contributed by atoms with van der Waals surface area (Å²) in [5.41, 5.74) is 0. The summed E-state index contributed by atoms with van der Waals surface area (Å²) in [6, 6.07) is 0. The van der Waals surface area contributed by atoms with Crippen LogP contribution in [0.3, 0.4) is 0 Å². The number of rotatable bonds is 2. The first kappa shape index (κ1) is 8.05. The maximum Gasteiger partial charge on any atom is 0.223 e. The molecule has 0 N–H and O–H groups in total. The fourth-order valence-electron chi connectivity index (χ4n) is 1.21. The highest BCUT2D eigenvalue weighted by molar-refractivity contribution is 9.09. The van der Waals surface area contributed by atoms with Crippen LogP contribution < -0.4 is 0 Å². The summed E-state index contributed by atoms with van der Waals surface area (Å²) in [4.78, 5) is 13.4. The summed E-state index contributed by atoms with van der Waals surface area (Å²) in [6.07, 6.45) is 1.74. The van der Waals surface area contributed by atoms with Gasteiger partial charge in [0.25, 0.3) is 0 Å². The van der Waals surface area contributed by atoms with Gasteiger partial charge < -0.3 is 4.90 Å². The highest BCUT2D eigenvalue weighted by Gasteiger charge is 2.26. The monoisotopic (exact) mass is 205 g/mol. The van der Waals surface area contributed by atoms with E-state index in [9.17, 15) is 4.79 Å². The van der Waals surface area contributed by atoms with Gasteiger partial charge in [-0.15, -0.1) is 0 Å². The number of amides is 1. The largest absolute Gasteiger partial charge is 0.342 e. The van der Waals surface area contributed by atoms with Crippen molar-refractivity contribution in [2.45, 2.75) is 24.6 Å². The fraction of sp³-hybridized carbons (Fsp3) is 0.857. The highest BCUT2D eigenvalue weighted by atomic mass is 79.9. The Morgan fingerprint density at radius 3 is 2.90 bits per heavy atom. The second-order valence-corrected chi connectivity index (χ2v) is 3.94. The molecule has 1 aliphatic rings. The normalized spacial score (nSPS) is 26.0. The van der Waals surface area contributed by atoms with Crippen molar-refractivity contribution in [2.24, 2.45) is 0 Å². The van der Waals surface area contributed by atoms with E-state index in [0.717, 1.165) is 19.5 Å². The third-order valence-corrected chi connectivity index (χ3v) is 2.27. The van der Waals surface area contributed by atoms with Gasteiger partial charge in [-0.3, -0.25) is 4.79 Å². The lowest BCUT2D eigenvalue weighted by molar-refractivity contribution is -0.127. The fourth-order valence-corrected chi connectivity index (χ4v) is 1.84. The molecule has 1 unspecified atom stereocenters. The average Bonchev–Trinajstić information content (AvgIpc) is 2.13. The number of nitrogens with zero attached hydrogens (tertiary/aromatic N) is 1. The maximum atomic E-state index is 11.1. The van der Waals surface area contributed by atoms with Crippen LogP contribution in [0.5, 0.6) is 0 Å². The number of halogens is 1. The van der Waals surface area contributed by atoms with E-state index in [0.29, 0.717) is 17.2 Å². The smallest absolute Gasteiger partial charge is 0.223 e. The second-order valence-electron chi connectivity index (χ2n) is 2.64. The third-order valence-electron chi connectivity index (χ3n) is 1.66. The molecule has 0 spiro atoms. The van der Waals surface area contributed by atoms with Gasteiger partial charge in [-0.2, -0.15) is 0 Å². The van der Waals surface area contributed by atoms with Gasteiger partial charge in [0.05, 0.1) is 0 Å². The zero-order valence-electron chi connectivity index (χ0n) is 6.14. The third kappa shape index (κ3) is 1.72. The molecular weight excluding hydrogens is 194 g/mol. The van der Waals surface area contributed by atoms with Crippen molar-refractivity contribution in [1.29, 1.82) is 0 Å². The number of carbonyl (C=O) groups is 1. The molecule has 1 heterocycles. The molecule has 3 heteroatoms. The van der Waals surface area contributed by atoms with Crippen molar-refractivity contribution >= 4 is 21.8 Å². The molecule has 0 saturated carbocycles. The first-order valence-corrected chi connectivity index (χ1v) is 4.57. The lowest BCUT2D eigenvalue weighted by Gasteiger charge is -2.13. The van der Waals surface area contributed by atoms with E-state index in [1.54, 1.807) is 0 Å². The van der Waals surface area contributed by atoms with Crippen molar-refractivity contribution < 1.29 is 4.79 Å². The zero-order valence-corrected chi connectivity index (χ0v) is 7.73. The van der Waals surface area contributed by atoms with Gasteiger partial charge in [0.1, 0.15) is 0 Å². The molecule has 10 heavy (non-hydrogen) atoms. The molecule has 0 aromatic heterocycles. The van der Waals surface area contributed by atoms with Crippen LogP contribution in [0.1, 0.15) is 19.8 Å². The molecule has 1 aliphatic heterocycles.